The first-order valence-electron chi connectivity index (χ1n) is 3.98. The molecule has 0 heterocycles. The summed E-state index contributed by atoms with van der Waals surface area (Å²) >= 11 is 0. The van der Waals surface area contributed by atoms with E-state index in [1.165, 1.54) is 12.1 Å². The van der Waals surface area contributed by atoms with Crippen molar-refractivity contribution in [2.45, 2.75) is 6.92 Å². The molecule has 0 N–H and O–H groups in total. The molecule has 72 valence electrons. The van der Waals surface area contributed by atoms with Crippen molar-refractivity contribution in [1.29, 1.82) is 0 Å². The van der Waals surface area contributed by atoms with Crippen LogP contribution in [0.3, 0.4) is 0 Å². The fraction of sp³-hybridized carbons (Fsp3) is 0.100. The van der Waals surface area contributed by atoms with E-state index in [1.54, 1.807) is 13.0 Å². The molecule has 0 saturated carbocycles. The number of nitrogens with zero attached hydrogens (tertiary/aromatic N) is 1. The van der Waals surface area contributed by atoms with Gasteiger partial charge in [-0.15, -0.1) is 0 Å². The van der Waals surface area contributed by atoms with Gasteiger partial charge in [-0.2, -0.15) is 0 Å². The third kappa shape index (κ3) is 1.85. The van der Waals surface area contributed by atoms with E-state index in [9.17, 15) is 14.9 Å². The minimum absolute atomic E-state index is 0.0826. The zero-order valence-electron chi connectivity index (χ0n) is 7.69. The summed E-state index contributed by atoms with van der Waals surface area (Å²) in [5.74, 6) is -0.300. The Labute approximate surface area is 81.0 Å². The van der Waals surface area contributed by atoms with Crippen molar-refractivity contribution < 1.29 is 9.72 Å². The van der Waals surface area contributed by atoms with Crippen LogP contribution < -0.4 is 0 Å². The van der Waals surface area contributed by atoms with Gasteiger partial charge < -0.3 is 0 Å². The molecular weight excluding hydrogens is 182 g/mol. The maximum absolute atomic E-state index is 11.3. The Kier molecular flexibility index (Phi) is 2.76. The van der Waals surface area contributed by atoms with E-state index in [2.05, 4.69) is 6.58 Å². The summed E-state index contributed by atoms with van der Waals surface area (Å²) in [7, 11) is 0. The molecule has 1 aromatic rings. The summed E-state index contributed by atoms with van der Waals surface area (Å²) in [6, 6.07) is 4.18. The van der Waals surface area contributed by atoms with E-state index in [0.29, 0.717) is 11.1 Å². The van der Waals surface area contributed by atoms with E-state index < -0.39 is 4.92 Å². The summed E-state index contributed by atoms with van der Waals surface area (Å²) in [6.45, 7) is 5.06. The smallest absolute Gasteiger partial charge is 0.270 e. The molecule has 0 unspecified atom stereocenters. The molecule has 0 aliphatic heterocycles. The zero-order chi connectivity index (χ0) is 10.7. The molecule has 0 saturated heterocycles. The number of nitro benzene ring substituents is 1. The van der Waals surface area contributed by atoms with Crippen molar-refractivity contribution in [3.8, 4) is 0 Å². The average Bonchev–Trinajstić information content (AvgIpc) is 2.17. The summed E-state index contributed by atoms with van der Waals surface area (Å²) in [6.07, 6.45) is 1.14. The standard InChI is InChI=1S/C10H9NO3/c1-3-10(12)9-6-8(11(13)14)5-4-7(9)2/h3-6H,1H2,2H3. The normalized spacial score (nSPS) is 9.50. The number of benzene rings is 1. The maximum atomic E-state index is 11.3. The first kappa shape index (κ1) is 10.1. The van der Waals surface area contributed by atoms with Gasteiger partial charge in [-0.25, -0.2) is 0 Å². The number of non-ortho nitro benzene ring substituents is 1. The molecule has 0 spiro atoms. The highest BCUT2D eigenvalue weighted by atomic mass is 16.6. The van der Waals surface area contributed by atoms with E-state index in [1.807, 2.05) is 0 Å². The Bertz CT molecular complexity index is 410. The molecule has 0 bridgehead atoms. The molecule has 0 radical (unpaired) electrons. The van der Waals surface area contributed by atoms with E-state index in [-0.39, 0.29) is 11.5 Å². The molecule has 14 heavy (non-hydrogen) atoms. The number of nitro groups is 1. The van der Waals surface area contributed by atoms with Crippen molar-refractivity contribution >= 4 is 11.5 Å². The first-order chi connectivity index (χ1) is 6.56. The third-order valence-electron chi connectivity index (χ3n) is 1.88. The van der Waals surface area contributed by atoms with Gasteiger partial charge in [0.25, 0.3) is 5.69 Å². The van der Waals surface area contributed by atoms with Crippen LogP contribution in [0.1, 0.15) is 15.9 Å². The number of rotatable bonds is 3. The van der Waals surface area contributed by atoms with Gasteiger partial charge in [-0.3, -0.25) is 14.9 Å². The zero-order valence-corrected chi connectivity index (χ0v) is 7.69. The largest absolute Gasteiger partial charge is 0.289 e. The minimum Gasteiger partial charge on any atom is -0.289 e. The molecule has 0 fully saturated rings. The predicted molar refractivity (Wildman–Crippen MR) is 52.4 cm³/mol. The Balaban J connectivity index is 3.28. The van der Waals surface area contributed by atoms with Crippen LogP contribution in [0.15, 0.2) is 30.9 Å². The van der Waals surface area contributed by atoms with Crippen LogP contribution in [0.4, 0.5) is 5.69 Å². The molecule has 1 rings (SSSR count). The van der Waals surface area contributed by atoms with E-state index in [0.717, 1.165) is 6.08 Å². The van der Waals surface area contributed by atoms with Crippen molar-refractivity contribution in [2.75, 3.05) is 0 Å². The molecule has 0 aliphatic rings. The fourth-order valence-electron chi connectivity index (χ4n) is 1.10. The van der Waals surface area contributed by atoms with Crippen LogP contribution in [0, 0.1) is 17.0 Å². The van der Waals surface area contributed by atoms with Crippen molar-refractivity contribution in [1.82, 2.24) is 0 Å². The van der Waals surface area contributed by atoms with Crippen LogP contribution in [0.5, 0.6) is 0 Å². The van der Waals surface area contributed by atoms with Crippen LogP contribution >= 0.6 is 0 Å². The lowest BCUT2D eigenvalue weighted by Crippen LogP contribution is -1.99. The van der Waals surface area contributed by atoms with Gasteiger partial charge in [0, 0.05) is 17.7 Å². The minimum atomic E-state index is -0.528. The van der Waals surface area contributed by atoms with Gasteiger partial charge in [0.05, 0.1) is 4.92 Å². The fourth-order valence-corrected chi connectivity index (χ4v) is 1.10. The highest BCUT2D eigenvalue weighted by molar-refractivity contribution is 6.05. The molecular formula is C10H9NO3. The van der Waals surface area contributed by atoms with Crippen molar-refractivity contribution in [3.05, 3.63) is 52.1 Å². The summed E-state index contributed by atoms with van der Waals surface area (Å²) < 4.78 is 0. The molecule has 4 nitrogen and oxygen atoms in total. The SMILES string of the molecule is C=CC(=O)c1cc([N+](=O)[O-])ccc1C. The number of hydrogen-bond acceptors (Lipinski definition) is 3. The summed E-state index contributed by atoms with van der Waals surface area (Å²) in [4.78, 5) is 21.2. The summed E-state index contributed by atoms with van der Waals surface area (Å²) in [5.41, 5.74) is 0.954. The highest BCUT2D eigenvalue weighted by Gasteiger charge is 2.11. The second-order valence-corrected chi connectivity index (χ2v) is 2.82. The van der Waals surface area contributed by atoms with Crippen LogP contribution in [-0.4, -0.2) is 10.7 Å². The third-order valence-corrected chi connectivity index (χ3v) is 1.88. The van der Waals surface area contributed by atoms with Crippen LogP contribution in [0.25, 0.3) is 0 Å². The van der Waals surface area contributed by atoms with E-state index >= 15 is 0 Å². The lowest BCUT2D eigenvalue weighted by Gasteiger charge is -2.00. The molecule has 0 atom stereocenters. The quantitative estimate of drug-likeness (QED) is 0.318. The Morgan fingerprint density at radius 1 is 1.57 bits per heavy atom. The van der Waals surface area contributed by atoms with E-state index in [4.69, 9.17) is 0 Å². The first-order valence-corrected chi connectivity index (χ1v) is 3.98. The van der Waals surface area contributed by atoms with Crippen LogP contribution in [-0.2, 0) is 0 Å². The number of carbonyl (C=O) groups excluding carboxylic acids is 1. The van der Waals surface area contributed by atoms with Gasteiger partial charge in [-0.1, -0.05) is 12.6 Å². The average molecular weight is 191 g/mol. The van der Waals surface area contributed by atoms with Crippen molar-refractivity contribution in [3.63, 3.8) is 0 Å². The van der Waals surface area contributed by atoms with Gasteiger partial charge >= 0.3 is 0 Å². The number of carbonyl (C=O) groups is 1. The highest BCUT2D eigenvalue weighted by Crippen LogP contribution is 2.17. The summed E-state index contributed by atoms with van der Waals surface area (Å²) in [5, 5.41) is 10.4. The number of allylic oxidation sites excluding steroid dienone is 1. The number of ketones is 1. The lowest BCUT2D eigenvalue weighted by molar-refractivity contribution is -0.384. The second kappa shape index (κ2) is 3.83. The van der Waals surface area contributed by atoms with Gasteiger partial charge in [0.1, 0.15) is 0 Å². The Morgan fingerprint density at radius 3 is 2.71 bits per heavy atom. The molecule has 1 aromatic carbocycles. The second-order valence-electron chi connectivity index (χ2n) is 2.82. The number of aryl methyl sites for hydroxylation is 1. The monoisotopic (exact) mass is 191 g/mol. The Morgan fingerprint density at radius 2 is 2.21 bits per heavy atom. The molecule has 4 heteroatoms. The predicted octanol–water partition coefficient (Wildman–Crippen LogP) is 2.27. The van der Waals surface area contributed by atoms with Crippen molar-refractivity contribution in [2.24, 2.45) is 0 Å². The topological polar surface area (TPSA) is 60.2 Å². The van der Waals surface area contributed by atoms with Gasteiger partial charge in [0.15, 0.2) is 5.78 Å². The van der Waals surface area contributed by atoms with Crippen LogP contribution in [0.2, 0.25) is 0 Å². The molecule has 0 aliphatic carbocycles. The lowest BCUT2D eigenvalue weighted by atomic mass is 10.0. The molecule has 0 amide bonds. The Hall–Kier alpha value is -1.97. The van der Waals surface area contributed by atoms with Gasteiger partial charge in [0.2, 0.25) is 0 Å². The maximum Gasteiger partial charge on any atom is 0.270 e. The molecule has 0 aromatic heterocycles. The number of hydrogen-bond donors (Lipinski definition) is 0. The van der Waals surface area contributed by atoms with Gasteiger partial charge in [-0.05, 0) is 18.6 Å².